The van der Waals surface area contributed by atoms with E-state index in [9.17, 15) is 5.11 Å². The minimum Gasteiger partial charge on any atom is -0.497 e. The van der Waals surface area contributed by atoms with Crippen LogP contribution in [0.2, 0.25) is 0 Å². The van der Waals surface area contributed by atoms with E-state index < -0.39 is 6.10 Å². The number of alkyl halides is 1. The molecule has 0 aromatic carbocycles. The highest BCUT2D eigenvalue weighted by Gasteiger charge is 2.07. The van der Waals surface area contributed by atoms with Crippen LogP contribution in [0.3, 0.4) is 0 Å². The molecule has 1 heterocycles. The summed E-state index contributed by atoms with van der Waals surface area (Å²) < 4.78 is 4.98. The molecule has 1 N–H and O–H groups in total. The van der Waals surface area contributed by atoms with Gasteiger partial charge < -0.3 is 9.84 Å². The van der Waals surface area contributed by atoms with Crippen LogP contribution >= 0.6 is 15.9 Å². The Morgan fingerprint density at radius 2 is 2.50 bits per heavy atom. The number of methoxy groups -OCH3 is 1. The first-order chi connectivity index (χ1) is 5.77. The van der Waals surface area contributed by atoms with Crippen molar-refractivity contribution in [2.45, 2.75) is 6.10 Å². The van der Waals surface area contributed by atoms with Gasteiger partial charge in [-0.1, -0.05) is 15.9 Å². The smallest absolute Gasteiger partial charge is 0.122 e. The van der Waals surface area contributed by atoms with Crippen LogP contribution in [0, 0.1) is 0 Å². The fourth-order valence-corrected chi connectivity index (χ4v) is 1.15. The predicted octanol–water partition coefficient (Wildman–Crippen LogP) is 1.52. The summed E-state index contributed by atoms with van der Waals surface area (Å²) in [6.07, 6.45) is 1.04. The first kappa shape index (κ1) is 9.48. The van der Waals surface area contributed by atoms with Gasteiger partial charge in [0, 0.05) is 17.6 Å². The zero-order valence-electron chi connectivity index (χ0n) is 6.70. The number of hydrogen-bond donors (Lipinski definition) is 1. The standard InChI is InChI=1S/C8H10BrNO2/c1-12-6-2-3-10-7(4-6)8(11)5-9/h2-4,8,11H,5H2,1H3. The lowest BCUT2D eigenvalue weighted by Gasteiger charge is -2.06. The quantitative estimate of drug-likeness (QED) is 0.803. The average molecular weight is 232 g/mol. The Bertz CT molecular complexity index is 255. The summed E-state index contributed by atoms with van der Waals surface area (Å²) in [5.41, 5.74) is 0.617. The molecule has 0 amide bonds. The van der Waals surface area contributed by atoms with E-state index in [1.54, 1.807) is 25.4 Å². The van der Waals surface area contributed by atoms with E-state index in [0.717, 1.165) is 0 Å². The lowest BCUT2D eigenvalue weighted by molar-refractivity contribution is 0.200. The number of ether oxygens (including phenoxy) is 1. The summed E-state index contributed by atoms with van der Waals surface area (Å²) >= 11 is 3.17. The summed E-state index contributed by atoms with van der Waals surface area (Å²) in [5.74, 6) is 0.708. The van der Waals surface area contributed by atoms with Crippen molar-refractivity contribution in [3.05, 3.63) is 24.0 Å². The number of aliphatic hydroxyl groups excluding tert-OH is 1. The van der Waals surface area contributed by atoms with Crippen molar-refractivity contribution in [3.8, 4) is 5.75 Å². The maximum absolute atomic E-state index is 9.38. The zero-order chi connectivity index (χ0) is 8.97. The highest BCUT2D eigenvalue weighted by molar-refractivity contribution is 9.09. The molecule has 1 aromatic rings. The first-order valence-electron chi connectivity index (χ1n) is 3.52. The van der Waals surface area contributed by atoms with E-state index in [2.05, 4.69) is 20.9 Å². The molecule has 1 aromatic heterocycles. The molecule has 0 fully saturated rings. The third kappa shape index (κ3) is 2.19. The molecule has 1 rings (SSSR count). The van der Waals surface area contributed by atoms with E-state index in [1.807, 2.05) is 0 Å². The van der Waals surface area contributed by atoms with E-state index in [0.29, 0.717) is 16.8 Å². The van der Waals surface area contributed by atoms with Gasteiger partial charge in [-0.3, -0.25) is 4.98 Å². The molecule has 3 nitrogen and oxygen atoms in total. The van der Waals surface area contributed by atoms with Crippen LogP contribution in [0.1, 0.15) is 11.8 Å². The van der Waals surface area contributed by atoms with E-state index in [4.69, 9.17) is 4.74 Å². The second-order valence-electron chi connectivity index (χ2n) is 2.29. The van der Waals surface area contributed by atoms with Gasteiger partial charge in [-0.25, -0.2) is 0 Å². The van der Waals surface area contributed by atoms with Crippen molar-refractivity contribution in [1.29, 1.82) is 0 Å². The number of halogens is 1. The van der Waals surface area contributed by atoms with Crippen molar-refractivity contribution >= 4 is 15.9 Å². The molecule has 0 radical (unpaired) electrons. The fourth-order valence-electron chi connectivity index (χ4n) is 0.816. The molecule has 1 unspecified atom stereocenters. The second-order valence-corrected chi connectivity index (χ2v) is 2.94. The summed E-state index contributed by atoms with van der Waals surface area (Å²) in [6, 6.07) is 3.45. The van der Waals surface area contributed by atoms with Gasteiger partial charge in [-0.05, 0) is 6.07 Å². The maximum Gasteiger partial charge on any atom is 0.122 e. The largest absolute Gasteiger partial charge is 0.497 e. The third-order valence-corrected chi connectivity index (χ3v) is 2.09. The van der Waals surface area contributed by atoms with Gasteiger partial charge >= 0.3 is 0 Å². The Hall–Kier alpha value is -0.610. The molecule has 12 heavy (non-hydrogen) atoms. The molecule has 4 heteroatoms. The topological polar surface area (TPSA) is 42.4 Å². The van der Waals surface area contributed by atoms with Crippen molar-refractivity contribution in [2.24, 2.45) is 0 Å². The summed E-state index contributed by atoms with van der Waals surface area (Å²) in [5, 5.41) is 9.86. The number of rotatable bonds is 3. The van der Waals surface area contributed by atoms with Crippen LogP contribution in [0.15, 0.2) is 18.3 Å². The van der Waals surface area contributed by atoms with Gasteiger partial charge in [0.05, 0.1) is 12.8 Å². The summed E-state index contributed by atoms with van der Waals surface area (Å²) in [6.45, 7) is 0. The molecular weight excluding hydrogens is 222 g/mol. The number of nitrogens with zero attached hydrogens (tertiary/aromatic N) is 1. The minimum absolute atomic E-state index is 0.479. The van der Waals surface area contributed by atoms with Crippen LogP contribution in [-0.2, 0) is 0 Å². The predicted molar refractivity (Wildman–Crippen MR) is 49.5 cm³/mol. The molecule has 66 valence electrons. The van der Waals surface area contributed by atoms with Crippen molar-refractivity contribution in [2.75, 3.05) is 12.4 Å². The number of aliphatic hydroxyl groups is 1. The molecule has 0 saturated carbocycles. The van der Waals surface area contributed by atoms with Crippen molar-refractivity contribution < 1.29 is 9.84 Å². The van der Waals surface area contributed by atoms with Gasteiger partial charge in [-0.2, -0.15) is 0 Å². The monoisotopic (exact) mass is 231 g/mol. The number of pyridine rings is 1. The van der Waals surface area contributed by atoms with Crippen LogP contribution in [0.4, 0.5) is 0 Å². The Labute approximate surface area is 79.5 Å². The Morgan fingerprint density at radius 1 is 1.75 bits per heavy atom. The van der Waals surface area contributed by atoms with Crippen LogP contribution in [-0.4, -0.2) is 22.5 Å². The zero-order valence-corrected chi connectivity index (χ0v) is 8.28. The van der Waals surface area contributed by atoms with E-state index in [1.165, 1.54) is 0 Å². The molecule has 0 aliphatic heterocycles. The number of aromatic nitrogens is 1. The fraction of sp³-hybridized carbons (Fsp3) is 0.375. The van der Waals surface area contributed by atoms with E-state index in [-0.39, 0.29) is 0 Å². The minimum atomic E-state index is -0.569. The maximum atomic E-state index is 9.38. The van der Waals surface area contributed by atoms with Gasteiger partial charge in [0.25, 0.3) is 0 Å². The van der Waals surface area contributed by atoms with Crippen LogP contribution in [0.25, 0.3) is 0 Å². The molecule has 0 spiro atoms. The third-order valence-electron chi connectivity index (χ3n) is 1.48. The molecule has 0 bridgehead atoms. The Kier molecular flexibility index (Phi) is 3.49. The second kappa shape index (κ2) is 4.42. The van der Waals surface area contributed by atoms with Crippen LogP contribution in [0.5, 0.6) is 5.75 Å². The lowest BCUT2D eigenvalue weighted by atomic mass is 10.2. The SMILES string of the molecule is COc1ccnc(C(O)CBr)c1. The Balaban J connectivity index is 2.86. The average Bonchev–Trinajstić information content (AvgIpc) is 2.17. The highest BCUT2D eigenvalue weighted by Crippen LogP contribution is 2.17. The molecule has 0 saturated heterocycles. The highest BCUT2D eigenvalue weighted by atomic mass is 79.9. The summed E-state index contributed by atoms with van der Waals surface area (Å²) in [7, 11) is 1.58. The van der Waals surface area contributed by atoms with Gasteiger partial charge in [0.15, 0.2) is 0 Å². The molecular formula is C8H10BrNO2. The normalized spacial score (nSPS) is 12.6. The van der Waals surface area contributed by atoms with E-state index >= 15 is 0 Å². The van der Waals surface area contributed by atoms with Crippen LogP contribution < -0.4 is 4.74 Å². The molecule has 0 aliphatic rings. The number of hydrogen-bond acceptors (Lipinski definition) is 3. The van der Waals surface area contributed by atoms with Crippen molar-refractivity contribution in [3.63, 3.8) is 0 Å². The lowest BCUT2D eigenvalue weighted by Crippen LogP contribution is -2.01. The van der Waals surface area contributed by atoms with Gasteiger partial charge in [0.1, 0.15) is 11.9 Å². The van der Waals surface area contributed by atoms with Gasteiger partial charge in [-0.15, -0.1) is 0 Å². The molecule has 1 atom stereocenters. The molecule has 0 aliphatic carbocycles. The van der Waals surface area contributed by atoms with Gasteiger partial charge in [0.2, 0.25) is 0 Å². The first-order valence-corrected chi connectivity index (χ1v) is 4.64. The van der Waals surface area contributed by atoms with Crippen molar-refractivity contribution in [1.82, 2.24) is 4.98 Å². The Morgan fingerprint density at radius 3 is 3.08 bits per heavy atom. The summed E-state index contributed by atoms with van der Waals surface area (Å²) in [4.78, 5) is 4.00.